The van der Waals surface area contributed by atoms with E-state index in [0.29, 0.717) is 28.7 Å². The second-order valence-corrected chi connectivity index (χ2v) is 11.4. The molecule has 4 aromatic rings. The number of nitro benzene ring substituents is 1. The summed E-state index contributed by atoms with van der Waals surface area (Å²) in [6.45, 7) is 4.17. The lowest BCUT2D eigenvalue weighted by Crippen LogP contribution is -2.22. The van der Waals surface area contributed by atoms with Crippen LogP contribution in [-0.4, -0.2) is 27.4 Å². The molecule has 0 fully saturated rings. The van der Waals surface area contributed by atoms with E-state index in [1.165, 1.54) is 17.0 Å². The molecule has 1 heterocycles. The maximum absolute atomic E-state index is 13.4. The van der Waals surface area contributed by atoms with Crippen LogP contribution in [0.5, 0.6) is 11.5 Å². The van der Waals surface area contributed by atoms with Crippen molar-refractivity contribution in [3.8, 4) is 11.5 Å². The van der Waals surface area contributed by atoms with Gasteiger partial charge in [-0.05, 0) is 49.7 Å². The van der Waals surface area contributed by atoms with Gasteiger partial charge in [0, 0.05) is 37.0 Å². The lowest BCUT2D eigenvalue weighted by molar-refractivity contribution is -0.386. The Bertz CT molecular complexity index is 1660. The molecule has 0 saturated carbocycles. The van der Waals surface area contributed by atoms with Crippen molar-refractivity contribution in [2.24, 2.45) is 5.10 Å². The summed E-state index contributed by atoms with van der Waals surface area (Å²) in [6, 6.07) is 13.9. The van der Waals surface area contributed by atoms with Crippen molar-refractivity contribution in [2.75, 3.05) is 6.61 Å². The maximum Gasteiger partial charge on any atom is 0.315 e. The van der Waals surface area contributed by atoms with E-state index < -0.39 is 4.92 Å². The molecule has 9 nitrogen and oxygen atoms in total. The molecule has 3 aromatic carbocycles. The fourth-order valence-corrected chi connectivity index (χ4v) is 5.47. The zero-order chi connectivity index (χ0) is 28.8. The van der Waals surface area contributed by atoms with E-state index in [1.54, 1.807) is 25.1 Å². The van der Waals surface area contributed by atoms with Gasteiger partial charge in [0.1, 0.15) is 12.4 Å². The average Bonchev–Trinajstić information content (AvgIpc) is 2.92. The Morgan fingerprint density at radius 3 is 2.50 bits per heavy atom. The first-order valence-corrected chi connectivity index (χ1v) is 14.9. The number of rotatable bonds is 11. The Balaban J connectivity index is 1.76. The number of benzene rings is 3. The highest BCUT2D eigenvalue weighted by Gasteiger charge is 2.23. The van der Waals surface area contributed by atoms with E-state index >= 15 is 0 Å². The summed E-state index contributed by atoms with van der Waals surface area (Å²) < 4.78 is 15.3. The van der Waals surface area contributed by atoms with Gasteiger partial charge in [0.15, 0.2) is 5.75 Å². The Morgan fingerprint density at radius 1 is 1.05 bits per heavy atom. The lowest BCUT2D eigenvalue weighted by Gasteiger charge is -2.14. The van der Waals surface area contributed by atoms with Crippen LogP contribution in [0, 0.1) is 10.1 Å². The molecule has 4 rings (SSSR count). The van der Waals surface area contributed by atoms with Crippen molar-refractivity contribution in [1.29, 1.82) is 0 Å². The van der Waals surface area contributed by atoms with Crippen molar-refractivity contribution >= 4 is 70.6 Å². The van der Waals surface area contributed by atoms with E-state index in [1.807, 2.05) is 24.3 Å². The monoisotopic (exact) mass is 734 g/mol. The van der Waals surface area contributed by atoms with E-state index in [4.69, 9.17) is 9.47 Å². The molecular weight excluding hydrogens is 712 g/mol. The quantitative estimate of drug-likeness (QED) is 0.0884. The summed E-state index contributed by atoms with van der Waals surface area (Å²) in [5.41, 5.74) is 1.15. The summed E-state index contributed by atoms with van der Waals surface area (Å²) in [5.74, 6) is 0.722. The van der Waals surface area contributed by atoms with Gasteiger partial charge in [0.05, 0.1) is 28.6 Å². The van der Waals surface area contributed by atoms with E-state index in [-0.39, 0.29) is 36.0 Å². The van der Waals surface area contributed by atoms with Crippen LogP contribution in [0.25, 0.3) is 10.9 Å². The second kappa shape index (κ2) is 13.5. The smallest absolute Gasteiger partial charge is 0.315 e. The number of aryl methyl sites for hydroxylation is 1. The van der Waals surface area contributed by atoms with Crippen molar-refractivity contribution in [1.82, 2.24) is 9.66 Å². The lowest BCUT2D eigenvalue weighted by atomic mass is 10.1. The Morgan fingerprint density at radius 2 is 1.80 bits per heavy atom. The van der Waals surface area contributed by atoms with E-state index in [2.05, 4.69) is 64.8 Å². The van der Waals surface area contributed by atoms with Gasteiger partial charge in [-0.2, -0.15) is 9.78 Å². The Labute approximate surface area is 255 Å². The van der Waals surface area contributed by atoms with Gasteiger partial charge in [-0.3, -0.25) is 14.9 Å². The van der Waals surface area contributed by atoms with Gasteiger partial charge in [-0.25, -0.2) is 4.98 Å². The molecule has 0 radical (unpaired) electrons. The molecule has 208 valence electrons. The van der Waals surface area contributed by atoms with Gasteiger partial charge in [-0.1, -0.05) is 67.2 Å². The van der Waals surface area contributed by atoms with Gasteiger partial charge in [0.2, 0.25) is 5.75 Å². The average molecular weight is 737 g/mol. The Kier molecular flexibility index (Phi) is 10.1. The van der Waals surface area contributed by atoms with Crippen LogP contribution in [0.3, 0.4) is 0 Å². The predicted molar refractivity (Wildman–Crippen MR) is 166 cm³/mol. The molecule has 0 bridgehead atoms. The van der Waals surface area contributed by atoms with Crippen molar-refractivity contribution in [3.63, 3.8) is 0 Å². The Hall–Kier alpha value is -3.09. The number of aromatic nitrogens is 2. The van der Waals surface area contributed by atoms with Gasteiger partial charge in [-0.15, -0.1) is 0 Å². The second-order valence-electron chi connectivity index (χ2n) is 8.74. The van der Waals surface area contributed by atoms with Gasteiger partial charge < -0.3 is 9.47 Å². The third-order valence-corrected chi connectivity index (χ3v) is 7.62. The molecule has 1 aromatic heterocycles. The normalized spacial score (nSPS) is 11.3. The number of fused-ring (bicyclic) bond motifs is 1. The SMILES string of the molecule is CCCCc1nc2ccc(Br)cc2c(=O)n1N=Cc1cc(OCC)c(OCc2ccc(Br)cc2Br)c([N+](=O)[O-])c1. The minimum atomic E-state index is -0.528. The number of halogens is 3. The van der Waals surface area contributed by atoms with Crippen LogP contribution in [0.1, 0.15) is 43.6 Å². The zero-order valence-corrected chi connectivity index (χ0v) is 26.5. The molecule has 0 spiro atoms. The summed E-state index contributed by atoms with van der Waals surface area (Å²) in [7, 11) is 0. The molecule has 0 atom stereocenters. The fraction of sp³-hybridized carbons (Fsp3) is 0.250. The number of hydrogen-bond donors (Lipinski definition) is 0. The first kappa shape index (κ1) is 29.9. The first-order chi connectivity index (χ1) is 19.2. The molecule has 0 unspecified atom stereocenters. The molecule has 12 heteroatoms. The number of nitrogens with zero attached hydrogens (tertiary/aromatic N) is 4. The van der Waals surface area contributed by atoms with Crippen LogP contribution in [0.4, 0.5) is 5.69 Å². The zero-order valence-electron chi connectivity index (χ0n) is 21.7. The number of hydrogen-bond acceptors (Lipinski definition) is 7. The van der Waals surface area contributed by atoms with Gasteiger partial charge in [0.25, 0.3) is 5.56 Å². The van der Waals surface area contributed by atoms with Crippen LogP contribution in [0.15, 0.2) is 71.8 Å². The summed E-state index contributed by atoms with van der Waals surface area (Å²) in [4.78, 5) is 29.6. The first-order valence-electron chi connectivity index (χ1n) is 12.5. The third kappa shape index (κ3) is 6.97. The van der Waals surface area contributed by atoms with Crippen LogP contribution in [-0.2, 0) is 13.0 Å². The molecule has 0 aliphatic carbocycles. The third-order valence-electron chi connectivity index (χ3n) is 5.89. The van der Waals surface area contributed by atoms with Crippen LogP contribution < -0.4 is 15.0 Å². The van der Waals surface area contributed by atoms with Crippen molar-refractivity contribution in [2.45, 2.75) is 39.7 Å². The van der Waals surface area contributed by atoms with Crippen LogP contribution in [0.2, 0.25) is 0 Å². The number of ether oxygens (including phenoxy) is 2. The molecule has 0 N–H and O–H groups in total. The molecule has 0 aliphatic rings. The van der Waals surface area contributed by atoms with Crippen molar-refractivity contribution < 1.29 is 14.4 Å². The number of unbranched alkanes of at least 4 members (excludes halogenated alkanes) is 1. The fourth-order valence-electron chi connectivity index (χ4n) is 3.95. The maximum atomic E-state index is 13.4. The molecule has 0 saturated heterocycles. The highest BCUT2D eigenvalue weighted by molar-refractivity contribution is 9.11. The highest BCUT2D eigenvalue weighted by Crippen LogP contribution is 2.39. The van der Waals surface area contributed by atoms with E-state index in [9.17, 15) is 14.9 Å². The summed E-state index contributed by atoms with van der Waals surface area (Å²) >= 11 is 10.3. The minimum Gasteiger partial charge on any atom is -0.490 e. The van der Waals surface area contributed by atoms with Gasteiger partial charge >= 0.3 is 5.69 Å². The summed E-state index contributed by atoms with van der Waals surface area (Å²) in [5, 5.41) is 16.9. The predicted octanol–water partition coefficient (Wildman–Crippen LogP) is 7.79. The largest absolute Gasteiger partial charge is 0.490 e. The standard InChI is InChI=1S/C28H25Br3N4O5/c1-3-5-6-26-33-23-10-9-19(29)13-21(23)28(36)34(26)32-15-17-11-24(35(37)38)27(25(12-17)39-4-2)40-16-18-7-8-20(30)14-22(18)31/h7-15H,3-6,16H2,1-2H3. The summed E-state index contributed by atoms with van der Waals surface area (Å²) in [6.07, 6.45) is 3.69. The minimum absolute atomic E-state index is 0.0110. The van der Waals surface area contributed by atoms with E-state index in [0.717, 1.165) is 31.8 Å². The molecular formula is C28H25Br3N4O5. The topological polar surface area (TPSA) is 109 Å². The molecule has 0 aliphatic heterocycles. The van der Waals surface area contributed by atoms with Crippen LogP contribution >= 0.6 is 47.8 Å². The molecule has 0 amide bonds. The highest BCUT2D eigenvalue weighted by atomic mass is 79.9. The number of nitro groups is 1. The molecule has 40 heavy (non-hydrogen) atoms. The van der Waals surface area contributed by atoms with Crippen molar-refractivity contribution in [3.05, 3.63) is 99.4 Å².